The molecule has 0 aromatic heterocycles. The van der Waals surface area contributed by atoms with Crippen LogP contribution < -0.4 is 0 Å². The van der Waals surface area contributed by atoms with Gasteiger partial charge in [-0.05, 0) is 17.9 Å². The molecule has 1 aliphatic rings. The molecule has 0 heterocycles. The van der Waals surface area contributed by atoms with Crippen LogP contribution in [0, 0.1) is 5.92 Å². The second-order valence-electron chi connectivity index (χ2n) is 2.48. The van der Waals surface area contributed by atoms with Gasteiger partial charge >= 0.3 is 0 Å². The molecule has 1 heteroatoms. The molecule has 2 unspecified atom stereocenters. The molecule has 54 valence electrons. The molecule has 0 radical (unpaired) electrons. The molecule has 0 nitrogen and oxygen atoms in total. The highest BCUT2D eigenvalue weighted by atomic mass is 31.1. The van der Waals surface area contributed by atoms with E-state index in [1.165, 1.54) is 5.31 Å². The Morgan fingerprint density at radius 3 is 2.90 bits per heavy atom. The summed E-state index contributed by atoms with van der Waals surface area (Å²) in [4.78, 5) is 0. The van der Waals surface area contributed by atoms with Crippen molar-refractivity contribution >= 4 is 8.58 Å². The first-order valence-electron chi connectivity index (χ1n) is 3.57. The number of hydrogen-bond acceptors (Lipinski definition) is 0. The fourth-order valence-electron chi connectivity index (χ4n) is 0.876. The zero-order valence-electron chi connectivity index (χ0n) is 6.46. The summed E-state index contributed by atoms with van der Waals surface area (Å²) in [6.45, 7) is 4.41. The zero-order valence-corrected chi connectivity index (χ0v) is 7.46. The van der Waals surface area contributed by atoms with E-state index in [-0.39, 0.29) is 0 Å². The molecule has 2 atom stereocenters. The molecular formula is C9H13P. The predicted molar refractivity (Wildman–Crippen MR) is 49.8 cm³/mol. The van der Waals surface area contributed by atoms with Gasteiger partial charge in [0.25, 0.3) is 0 Å². The first-order chi connectivity index (χ1) is 4.83. The second-order valence-corrected chi connectivity index (χ2v) is 3.55. The molecule has 10 heavy (non-hydrogen) atoms. The third kappa shape index (κ3) is 2.11. The van der Waals surface area contributed by atoms with Crippen molar-refractivity contribution in [2.45, 2.75) is 6.92 Å². The summed E-state index contributed by atoms with van der Waals surface area (Å²) in [6, 6.07) is 0. The van der Waals surface area contributed by atoms with Gasteiger partial charge in [0.15, 0.2) is 0 Å². The zero-order chi connectivity index (χ0) is 7.40. The van der Waals surface area contributed by atoms with E-state index in [1.54, 1.807) is 0 Å². The summed E-state index contributed by atoms with van der Waals surface area (Å²) in [7, 11) is 0.915. The molecule has 0 N–H and O–H groups in total. The van der Waals surface area contributed by atoms with E-state index < -0.39 is 0 Å². The summed E-state index contributed by atoms with van der Waals surface area (Å²) in [5, 5.41) is 1.45. The quantitative estimate of drug-likeness (QED) is 0.507. The average molecular weight is 152 g/mol. The SMILES string of the molecule is CPC1=CC=CC(C)C=C1. The molecule has 0 aromatic rings. The van der Waals surface area contributed by atoms with Crippen molar-refractivity contribution in [3.63, 3.8) is 0 Å². The topological polar surface area (TPSA) is 0 Å². The smallest absolute Gasteiger partial charge is 0.00754 e. The van der Waals surface area contributed by atoms with Crippen LogP contribution in [0.5, 0.6) is 0 Å². The van der Waals surface area contributed by atoms with E-state index in [9.17, 15) is 0 Å². The maximum absolute atomic E-state index is 2.24. The van der Waals surface area contributed by atoms with Crippen molar-refractivity contribution in [3.05, 3.63) is 35.7 Å². The maximum atomic E-state index is 2.24. The Morgan fingerprint density at radius 2 is 2.20 bits per heavy atom. The van der Waals surface area contributed by atoms with Gasteiger partial charge in [-0.2, -0.15) is 0 Å². The Hall–Kier alpha value is -0.350. The summed E-state index contributed by atoms with van der Waals surface area (Å²) in [5.74, 6) is 0.602. The van der Waals surface area contributed by atoms with Crippen LogP contribution in [0.25, 0.3) is 0 Å². The first-order valence-corrected chi connectivity index (χ1v) is 5.07. The van der Waals surface area contributed by atoms with Crippen molar-refractivity contribution in [2.24, 2.45) is 5.92 Å². The monoisotopic (exact) mass is 152 g/mol. The minimum absolute atomic E-state index is 0.602. The lowest BCUT2D eigenvalue weighted by molar-refractivity contribution is 0.942. The molecule has 0 spiro atoms. The van der Waals surface area contributed by atoms with Crippen LogP contribution in [-0.4, -0.2) is 6.66 Å². The summed E-state index contributed by atoms with van der Waals surface area (Å²) >= 11 is 0. The van der Waals surface area contributed by atoms with Crippen LogP contribution >= 0.6 is 8.58 Å². The highest BCUT2D eigenvalue weighted by molar-refractivity contribution is 7.42. The summed E-state index contributed by atoms with van der Waals surface area (Å²) in [5.41, 5.74) is 0. The van der Waals surface area contributed by atoms with Crippen LogP contribution in [-0.2, 0) is 0 Å². The minimum atomic E-state index is 0.602. The van der Waals surface area contributed by atoms with E-state index >= 15 is 0 Å². The first kappa shape index (κ1) is 7.75. The molecule has 0 amide bonds. The lowest BCUT2D eigenvalue weighted by atomic mass is 10.2. The Bertz CT molecular complexity index is 187. The molecule has 0 bridgehead atoms. The fraction of sp³-hybridized carbons (Fsp3) is 0.333. The molecule has 0 aliphatic heterocycles. The number of rotatable bonds is 1. The Balaban J connectivity index is 2.71. The molecule has 0 saturated carbocycles. The molecular weight excluding hydrogens is 139 g/mol. The number of allylic oxidation sites excluding steroid dienone is 6. The third-order valence-electron chi connectivity index (χ3n) is 1.56. The largest absolute Gasteiger partial charge is 0.0936 e. The molecule has 1 rings (SSSR count). The lowest BCUT2D eigenvalue weighted by Gasteiger charge is -1.93. The highest BCUT2D eigenvalue weighted by Crippen LogP contribution is 2.22. The van der Waals surface area contributed by atoms with E-state index in [1.807, 2.05) is 0 Å². The third-order valence-corrected chi connectivity index (χ3v) is 2.47. The van der Waals surface area contributed by atoms with Crippen molar-refractivity contribution in [1.82, 2.24) is 0 Å². The van der Waals surface area contributed by atoms with Gasteiger partial charge in [-0.25, -0.2) is 0 Å². The van der Waals surface area contributed by atoms with Crippen molar-refractivity contribution in [2.75, 3.05) is 6.66 Å². The van der Waals surface area contributed by atoms with Crippen LogP contribution in [0.4, 0.5) is 0 Å². The Morgan fingerprint density at radius 1 is 1.40 bits per heavy atom. The normalized spacial score (nSPS) is 25.4. The van der Waals surface area contributed by atoms with E-state index in [0.29, 0.717) is 5.92 Å². The van der Waals surface area contributed by atoms with Crippen LogP contribution in [0.2, 0.25) is 0 Å². The van der Waals surface area contributed by atoms with Gasteiger partial charge in [0.05, 0.1) is 0 Å². The summed E-state index contributed by atoms with van der Waals surface area (Å²) < 4.78 is 0. The van der Waals surface area contributed by atoms with Gasteiger partial charge < -0.3 is 0 Å². The standard InChI is InChI=1S/C9H13P/c1-8-4-3-5-9(10-2)7-6-8/h3-8,10H,1-2H3. The molecule has 0 saturated heterocycles. The Labute approximate surface area is 64.5 Å². The van der Waals surface area contributed by atoms with Gasteiger partial charge in [0, 0.05) is 0 Å². The van der Waals surface area contributed by atoms with Gasteiger partial charge in [-0.1, -0.05) is 45.9 Å². The molecule has 0 fully saturated rings. The number of hydrogen-bond donors (Lipinski definition) is 0. The van der Waals surface area contributed by atoms with E-state index in [0.717, 1.165) is 8.58 Å². The van der Waals surface area contributed by atoms with Crippen LogP contribution in [0.15, 0.2) is 35.7 Å². The highest BCUT2D eigenvalue weighted by Gasteiger charge is 1.93. The van der Waals surface area contributed by atoms with E-state index in [4.69, 9.17) is 0 Å². The van der Waals surface area contributed by atoms with Crippen molar-refractivity contribution in [1.29, 1.82) is 0 Å². The fourth-order valence-corrected chi connectivity index (χ4v) is 1.40. The second kappa shape index (κ2) is 3.73. The Kier molecular flexibility index (Phi) is 2.89. The van der Waals surface area contributed by atoms with Gasteiger partial charge in [-0.3, -0.25) is 0 Å². The minimum Gasteiger partial charge on any atom is -0.0936 e. The average Bonchev–Trinajstić information content (AvgIpc) is 2.14. The predicted octanol–water partition coefficient (Wildman–Crippen LogP) is 2.94. The van der Waals surface area contributed by atoms with Crippen molar-refractivity contribution < 1.29 is 0 Å². The summed E-state index contributed by atoms with van der Waals surface area (Å²) in [6.07, 6.45) is 11.0. The van der Waals surface area contributed by atoms with Crippen LogP contribution in [0.3, 0.4) is 0 Å². The lowest BCUT2D eigenvalue weighted by Crippen LogP contribution is -1.77. The van der Waals surface area contributed by atoms with Crippen LogP contribution in [0.1, 0.15) is 6.92 Å². The van der Waals surface area contributed by atoms with E-state index in [2.05, 4.69) is 44.0 Å². The molecule has 1 aliphatic carbocycles. The maximum Gasteiger partial charge on any atom is -0.00754 e. The van der Waals surface area contributed by atoms with Gasteiger partial charge in [-0.15, -0.1) is 0 Å². The molecule has 0 aromatic carbocycles. The van der Waals surface area contributed by atoms with Gasteiger partial charge in [0.2, 0.25) is 0 Å². The van der Waals surface area contributed by atoms with Crippen molar-refractivity contribution in [3.8, 4) is 0 Å². The van der Waals surface area contributed by atoms with Gasteiger partial charge in [0.1, 0.15) is 0 Å².